The summed E-state index contributed by atoms with van der Waals surface area (Å²) < 4.78 is 14.9. The molecule has 8 heteroatoms. The fourth-order valence-electron chi connectivity index (χ4n) is 4.05. The zero-order chi connectivity index (χ0) is 25.6. The summed E-state index contributed by atoms with van der Waals surface area (Å²) in [6.45, 7) is 10.0. The molecule has 0 aliphatic rings. The van der Waals surface area contributed by atoms with E-state index in [1.165, 1.54) is 0 Å². The van der Waals surface area contributed by atoms with Crippen LogP contribution in [0.4, 0.5) is 0 Å². The molecule has 0 spiro atoms. The van der Waals surface area contributed by atoms with Crippen molar-refractivity contribution >= 4 is 32.7 Å². The van der Waals surface area contributed by atoms with Gasteiger partial charge in [0.2, 0.25) is 0 Å². The number of primary amides is 1. The first kappa shape index (κ1) is 27.0. The van der Waals surface area contributed by atoms with Crippen molar-refractivity contribution in [1.29, 1.82) is 0 Å². The Hall–Kier alpha value is -2.55. The molecule has 0 unspecified atom stereocenters. The van der Waals surface area contributed by atoms with E-state index in [1.807, 2.05) is 61.9 Å². The minimum Gasteiger partial charge on any atom is -0.488 e. The molecule has 3 rings (SSSR count). The summed E-state index contributed by atoms with van der Waals surface area (Å²) >= 11 is 3.49. The number of nitrogens with zero attached hydrogens (tertiary/aromatic N) is 1. The number of nitrogens with one attached hydrogen (secondary N) is 1. The molecule has 1 amide bonds. The Kier molecular flexibility index (Phi) is 9.21. The average Bonchev–Trinajstić information content (AvgIpc) is 3.17. The van der Waals surface area contributed by atoms with E-state index in [-0.39, 0.29) is 18.2 Å². The molecular formula is C27H36BrN3O4. The van der Waals surface area contributed by atoms with Crippen molar-refractivity contribution in [2.75, 3.05) is 19.8 Å². The molecule has 0 radical (unpaired) electrons. The summed E-state index contributed by atoms with van der Waals surface area (Å²) in [5.41, 5.74) is 7.76. The molecule has 1 heterocycles. The SMILES string of the molecule is C[C@H](Cc1cc(C(N)=O)c2c(ccn2CCCO)c1)NCCOc1ccc(Br)cc1OC(C)(C)C. The van der Waals surface area contributed by atoms with Crippen LogP contribution in [-0.2, 0) is 13.0 Å². The van der Waals surface area contributed by atoms with Crippen LogP contribution in [0.2, 0.25) is 0 Å². The Bertz CT molecular complexity index is 1150. The van der Waals surface area contributed by atoms with Crippen molar-refractivity contribution in [2.24, 2.45) is 5.73 Å². The first-order valence-electron chi connectivity index (χ1n) is 11.9. The number of amides is 1. The molecular weight excluding hydrogens is 510 g/mol. The quantitative estimate of drug-likeness (QED) is 0.287. The highest BCUT2D eigenvalue weighted by molar-refractivity contribution is 9.10. The molecule has 7 nitrogen and oxygen atoms in total. The second-order valence-electron chi connectivity index (χ2n) is 9.75. The normalized spacial score (nSPS) is 12.6. The molecule has 0 aliphatic heterocycles. The number of aliphatic hydroxyl groups is 1. The van der Waals surface area contributed by atoms with Crippen molar-refractivity contribution < 1.29 is 19.4 Å². The van der Waals surface area contributed by atoms with E-state index in [2.05, 4.69) is 34.2 Å². The lowest BCUT2D eigenvalue weighted by molar-refractivity contribution is 0.100. The van der Waals surface area contributed by atoms with Crippen molar-refractivity contribution in [3.8, 4) is 11.5 Å². The van der Waals surface area contributed by atoms with E-state index in [1.54, 1.807) is 0 Å². The van der Waals surface area contributed by atoms with E-state index >= 15 is 0 Å². The fourth-order valence-corrected chi connectivity index (χ4v) is 4.39. The summed E-state index contributed by atoms with van der Waals surface area (Å²) in [6, 6.07) is 11.9. The van der Waals surface area contributed by atoms with Crippen LogP contribution >= 0.6 is 15.9 Å². The summed E-state index contributed by atoms with van der Waals surface area (Å²) in [6.07, 6.45) is 3.31. The van der Waals surface area contributed by atoms with E-state index in [0.717, 1.165) is 27.4 Å². The van der Waals surface area contributed by atoms with Crippen molar-refractivity contribution in [1.82, 2.24) is 9.88 Å². The van der Waals surface area contributed by atoms with Crippen LogP contribution in [0.25, 0.3) is 10.9 Å². The van der Waals surface area contributed by atoms with Gasteiger partial charge in [0.15, 0.2) is 11.5 Å². The lowest BCUT2D eigenvalue weighted by atomic mass is 10.0. The topological polar surface area (TPSA) is 98.7 Å². The van der Waals surface area contributed by atoms with Crippen LogP contribution in [0.15, 0.2) is 47.1 Å². The molecule has 0 saturated carbocycles. The number of benzene rings is 2. The standard InChI is InChI=1S/C27H36BrN3O4/c1-18(30-9-13-34-23-7-6-21(28)17-24(23)35-27(2,3)4)14-19-15-20-8-11-31(10-5-12-32)25(20)22(16-19)26(29)33/h6-8,11,15-18,30,32H,5,9-10,12-14H2,1-4H3,(H2,29,33)/t18-/m1/s1. The van der Waals surface area contributed by atoms with E-state index in [0.29, 0.717) is 43.2 Å². The van der Waals surface area contributed by atoms with Gasteiger partial charge in [-0.15, -0.1) is 0 Å². The number of carbonyl (C=O) groups excluding carboxylic acids is 1. The molecule has 3 aromatic rings. The monoisotopic (exact) mass is 545 g/mol. The number of hydrogen-bond acceptors (Lipinski definition) is 5. The Labute approximate surface area is 215 Å². The number of fused-ring (bicyclic) bond motifs is 1. The molecule has 0 bridgehead atoms. The molecule has 1 aromatic heterocycles. The summed E-state index contributed by atoms with van der Waals surface area (Å²) in [5, 5.41) is 13.6. The van der Waals surface area contributed by atoms with Gasteiger partial charge in [0.1, 0.15) is 12.2 Å². The van der Waals surface area contributed by atoms with Crippen LogP contribution in [-0.4, -0.2) is 47.0 Å². The van der Waals surface area contributed by atoms with Gasteiger partial charge in [-0.25, -0.2) is 0 Å². The predicted molar refractivity (Wildman–Crippen MR) is 143 cm³/mol. The number of carbonyl (C=O) groups is 1. The number of nitrogens with two attached hydrogens (primary N) is 1. The lowest BCUT2D eigenvalue weighted by Crippen LogP contribution is -2.32. The first-order valence-corrected chi connectivity index (χ1v) is 12.7. The predicted octanol–water partition coefficient (Wildman–Crippen LogP) is 4.66. The average molecular weight is 547 g/mol. The van der Waals surface area contributed by atoms with Crippen molar-refractivity contribution in [3.63, 3.8) is 0 Å². The second kappa shape index (κ2) is 11.9. The number of halogens is 1. The zero-order valence-corrected chi connectivity index (χ0v) is 22.5. The maximum atomic E-state index is 12.2. The number of aryl methyl sites for hydroxylation is 1. The Balaban J connectivity index is 1.60. The van der Waals surface area contributed by atoms with Gasteiger partial charge in [0.25, 0.3) is 5.91 Å². The number of rotatable bonds is 12. The third kappa shape index (κ3) is 7.72. The highest BCUT2D eigenvalue weighted by atomic mass is 79.9. The molecule has 0 saturated heterocycles. The van der Waals surface area contributed by atoms with Gasteiger partial charge in [-0.2, -0.15) is 0 Å². The van der Waals surface area contributed by atoms with Gasteiger partial charge in [0.05, 0.1) is 11.1 Å². The smallest absolute Gasteiger partial charge is 0.250 e. The van der Waals surface area contributed by atoms with E-state index < -0.39 is 5.91 Å². The number of hydrogen-bond donors (Lipinski definition) is 3. The van der Waals surface area contributed by atoms with Gasteiger partial charge in [0, 0.05) is 41.8 Å². The van der Waals surface area contributed by atoms with Crippen LogP contribution in [0.5, 0.6) is 11.5 Å². The third-order valence-corrected chi connectivity index (χ3v) is 5.95. The molecule has 0 fully saturated rings. The van der Waals surface area contributed by atoms with Crippen LogP contribution in [0.3, 0.4) is 0 Å². The van der Waals surface area contributed by atoms with Gasteiger partial charge in [-0.05, 0) is 82.5 Å². The Morgan fingerprint density at radius 3 is 2.66 bits per heavy atom. The lowest BCUT2D eigenvalue weighted by Gasteiger charge is -2.23. The minimum absolute atomic E-state index is 0.101. The molecule has 35 heavy (non-hydrogen) atoms. The fraction of sp³-hybridized carbons (Fsp3) is 0.444. The summed E-state index contributed by atoms with van der Waals surface area (Å²) in [7, 11) is 0. The highest BCUT2D eigenvalue weighted by Gasteiger charge is 2.17. The maximum Gasteiger partial charge on any atom is 0.250 e. The van der Waals surface area contributed by atoms with E-state index in [4.69, 9.17) is 20.3 Å². The molecule has 2 aromatic carbocycles. The first-order chi connectivity index (χ1) is 16.6. The number of ether oxygens (including phenoxy) is 2. The number of aromatic nitrogens is 1. The number of aliphatic hydroxyl groups excluding tert-OH is 1. The second-order valence-corrected chi connectivity index (χ2v) is 10.7. The molecule has 0 aliphatic carbocycles. The van der Waals surface area contributed by atoms with Crippen LogP contribution in [0, 0.1) is 0 Å². The molecule has 1 atom stereocenters. The van der Waals surface area contributed by atoms with Gasteiger partial charge >= 0.3 is 0 Å². The van der Waals surface area contributed by atoms with Crippen LogP contribution < -0.4 is 20.5 Å². The largest absolute Gasteiger partial charge is 0.488 e. The highest BCUT2D eigenvalue weighted by Crippen LogP contribution is 2.33. The zero-order valence-electron chi connectivity index (χ0n) is 20.9. The van der Waals surface area contributed by atoms with Crippen molar-refractivity contribution in [2.45, 2.75) is 58.7 Å². The van der Waals surface area contributed by atoms with Crippen molar-refractivity contribution in [3.05, 3.63) is 58.2 Å². The molecule has 190 valence electrons. The Morgan fingerprint density at radius 2 is 1.97 bits per heavy atom. The van der Waals surface area contributed by atoms with Gasteiger partial charge in [-0.3, -0.25) is 4.79 Å². The third-order valence-electron chi connectivity index (χ3n) is 5.46. The summed E-state index contributed by atoms with van der Waals surface area (Å²) in [5.74, 6) is 0.968. The Morgan fingerprint density at radius 1 is 1.20 bits per heavy atom. The molecule has 4 N–H and O–H groups in total. The maximum absolute atomic E-state index is 12.2. The summed E-state index contributed by atoms with van der Waals surface area (Å²) in [4.78, 5) is 12.2. The van der Waals surface area contributed by atoms with Crippen LogP contribution in [0.1, 0.15) is 50.0 Å². The van der Waals surface area contributed by atoms with Gasteiger partial charge < -0.3 is 30.2 Å². The minimum atomic E-state index is -0.447. The van der Waals surface area contributed by atoms with E-state index in [9.17, 15) is 4.79 Å². The van der Waals surface area contributed by atoms with Gasteiger partial charge in [-0.1, -0.05) is 15.9 Å².